The van der Waals surface area contributed by atoms with E-state index in [1.165, 1.54) is 6.07 Å². The van der Waals surface area contributed by atoms with Crippen molar-refractivity contribution in [3.8, 4) is 17.0 Å². The maximum absolute atomic E-state index is 13.7. The number of hydrogen-bond acceptors (Lipinski definition) is 5. The van der Waals surface area contributed by atoms with E-state index in [9.17, 15) is 13.6 Å². The molecule has 1 amide bonds. The van der Waals surface area contributed by atoms with Crippen molar-refractivity contribution in [3.63, 3.8) is 0 Å². The Balaban J connectivity index is 1.37. The predicted octanol–water partition coefficient (Wildman–Crippen LogP) is 3.90. The van der Waals surface area contributed by atoms with Crippen LogP contribution in [0.1, 0.15) is 31.1 Å². The highest BCUT2D eigenvalue weighted by Gasteiger charge is 2.37. The summed E-state index contributed by atoms with van der Waals surface area (Å²) in [6, 6.07) is 6.69. The number of nitrogens with one attached hydrogen (secondary N) is 1. The summed E-state index contributed by atoms with van der Waals surface area (Å²) in [5, 5.41) is 0. The zero-order chi connectivity index (χ0) is 22.5. The summed E-state index contributed by atoms with van der Waals surface area (Å²) >= 11 is 0. The van der Waals surface area contributed by atoms with E-state index in [4.69, 9.17) is 9.47 Å². The fraction of sp³-hybridized carbons (Fsp3) is 0.348. The second-order valence-electron chi connectivity index (χ2n) is 7.61. The second-order valence-corrected chi connectivity index (χ2v) is 7.61. The first-order valence-electron chi connectivity index (χ1n) is 10.4. The number of rotatable bonds is 8. The number of benzene rings is 1. The monoisotopic (exact) mass is 442 g/mol. The molecule has 3 heterocycles. The number of aromatic amines is 1. The fourth-order valence-corrected chi connectivity index (χ4v) is 3.82. The van der Waals surface area contributed by atoms with Crippen LogP contribution in [-0.4, -0.2) is 52.1 Å². The van der Waals surface area contributed by atoms with Gasteiger partial charge in [0.1, 0.15) is 11.6 Å². The van der Waals surface area contributed by atoms with Crippen molar-refractivity contribution in [1.82, 2.24) is 19.9 Å². The average molecular weight is 442 g/mol. The molecule has 0 saturated carbocycles. The zero-order valence-corrected chi connectivity index (χ0v) is 17.6. The van der Waals surface area contributed by atoms with Gasteiger partial charge in [0.05, 0.1) is 30.6 Å². The summed E-state index contributed by atoms with van der Waals surface area (Å²) in [5.41, 5.74) is 1.74. The minimum atomic E-state index is -0.763. The topological polar surface area (TPSA) is 80.3 Å². The molecule has 168 valence electrons. The first kappa shape index (κ1) is 21.9. The number of H-pyrrole nitrogens is 1. The number of carbonyl (C=O) groups excluding carboxylic acids is 1. The molecule has 7 nitrogen and oxygen atoms in total. The van der Waals surface area contributed by atoms with E-state index in [-0.39, 0.29) is 36.8 Å². The Labute approximate surface area is 184 Å². The van der Waals surface area contributed by atoms with Gasteiger partial charge in [0.2, 0.25) is 5.91 Å². The number of ether oxygens (including phenoxy) is 2. The Morgan fingerprint density at radius 2 is 2.16 bits per heavy atom. The lowest BCUT2D eigenvalue weighted by atomic mass is 10.1. The normalized spacial score (nSPS) is 18.2. The molecule has 9 heteroatoms. The number of aromatic nitrogens is 3. The van der Waals surface area contributed by atoms with E-state index in [0.29, 0.717) is 25.2 Å². The van der Waals surface area contributed by atoms with Crippen molar-refractivity contribution in [1.29, 1.82) is 0 Å². The molecule has 1 aliphatic heterocycles. The van der Waals surface area contributed by atoms with Gasteiger partial charge in [-0.25, -0.2) is 13.8 Å². The highest BCUT2D eigenvalue weighted by Crippen LogP contribution is 2.33. The van der Waals surface area contributed by atoms with Crippen LogP contribution in [0, 0.1) is 11.6 Å². The van der Waals surface area contributed by atoms with Crippen LogP contribution in [-0.2, 0) is 9.53 Å². The first-order valence-corrected chi connectivity index (χ1v) is 10.4. The van der Waals surface area contributed by atoms with Gasteiger partial charge in [0.15, 0.2) is 11.6 Å². The lowest BCUT2D eigenvalue weighted by molar-refractivity contribution is -0.132. The van der Waals surface area contributed by atoms with Gasteiger partial charge in [-0.1, -0.05) is 0 Å². The minimum Gasteiger partial charge on any atom is -0.491 e. The summed E-state index contributed by atoms with van der Waals surface area (Å²) < 4.78 is 37.5. The van der Waals surface area contributed by atoms with Gasteiger partial charge in [-0.15, -0.1) is 0 Å². The van der Waals surface area contributed by atoms with Crippen LogP contribution in [0.25, 0.3) is 11.3 Å². The van der Waals surface area contributed by atoms with Gasteiger partial charge < -0.3 is 19.4 Å². The van der Waals surface area contributed by atoms with Crippen molar-refractivity contribution in [3.05, 3.63) is 66.4 Å². The van der Waals surface area contributed by atoms with E-state index in [1.807, 2.05) is 12.1 Å². The maximum atomic E-state index is 13.7. The van der Waals surface area contributed by atoms with E-state index < -0.39 is 11.6 Å². The van der Waals surface area contributed by atoms with Crippen molar-refractivity contribution in [2.24, 2.45) is 0 Å². The number of halogens is 2. The van der Waals surface area contributed by atoms with Gasteiger partial charge >= 0.3 is 0 Å². The second kappa shape index (κ2) is 9.86. The standard InChI is InChI=1S/C23H24F2N4O3/c1-31-17-11-20(23-27-13-19(28-23)15-4-2-8-26-12-15)29(14-17)22(30)5-3-9-32-21-7-6-16(24)10-18(21)25/h2,4,6-8,10,12-13,17,20H,3,5,9,11,14H2,1H3,(H,27,28)/t17-,20+/m1/s1. The van der Waals surface area contributed by atoms with Crippen LogP contribution >= 0.6 is 0 Å². The number of amides is 1. The van der Waals surface area contributed by atoms with Crippen LogP contribution < -0.4 is 4.74 Å². The summed E-state index contributed by atoms with van der Waals surface area (Å²) in [6.45, 7) is 0.614. The largest absolute Gasteiger partial charge is 0.491 e. The average Bonchev–Trinajstić information content (AvgIpc) is 3.45. The molecule has 2 aromatic heterocycles. The van der Waals surface area contributed by atoms with Gasteiger partial charge in [-0.2, -0.15) is 0 Å². The molecule has 2 atom stereocenters. The Hall–Kier alpha value is -3.33. The van der Waals surface area contributed by atoms with Gasteiger partial charge in [-0.3, -0.25) is 9.78 Å². The molecule has 0 aliphatic carbocycles. The quantitative estimate of drug-likeness (QED) is 0.536. The number of likely N-dealkylation sites (tertiary alicyclic amines) is 1. The molecule has 3 aromatic rings. The molecular weight excluding hydrogens is 418 g/mol. The summed E-state index contributed by atoms with van der Waals surface area (Å²) in [4.78, 5) is 26.6. The molecular formula is C23H24F2N4O3. The van der Waals surface area contributed by atoms with Crippen LogP contribution in [0.4, 0.5) is 8.78 Å². The van der Waals surface area contributed by atoms with Crippen LogP contribution in [0.5, 0.6) is 5.75 Å². The number of imidazole rings is 1. The van der Waals surface area contributed by atoms with Crippen molar-refractivity contribution in [2.75, 3.05) is 20.3 Å². The van der Waals surface area contributed by atoms with E-state index in [1.54, 1.807) is 30.6 Å². The van der Waals surface area contributed by atoms with E-state index in [2.05, 4.69) is 15.0 Å². The molecule has 1 N–H and O–H groups in total. The number of pyridine rings is 1. The third-order valence-corrected chi connectivity index (χ3v) is 5.49. The lowest BCUT2D eigenvalue weighted by Gasteiger charge is -2.23. The predicted molar refractivity (Wildman–Crippen MR) is 113 cm³/mol. The third-order valence-electron chi connectivity index (χ3n) is 5.49. The summed E-state index contributed by atoms with van der Waals surface area (Å²) in [6.07, 6.45) is 6.37. The number of nitrogens with zero attached hydrogens (tertiary/aromatic N) is 3. The Morgan fingerprint density at radius 3 is 2.91 bits per heavy atom. The van der Waals surface area contributed by atoms with Crippen molar-refractivity contribution < 1.29 is 23.0 Å². The van der Waals surface area contributed by atoms with Crippen LogP contribution in [0.15, 0.2) is 48.9 Å². The summed E-state index contributed by atoms with van der Waals surface area (Å²) in [7, 11) is 1.63. The molecule has 1 fully saturated rings. The smallest absolute Gasteiger partial charge is 0.223 e. The Kier molecular flexibility index (Phi) is 6.75. The van der Waals surface area contributed by atoms with Gasteiger partial charge in [-0.05, 0) is 30.7 Å². The number of hydrogen-bond donors (Lipinski definition) is 1. The maximum Gasteiger partial charge on any atom is 0.223 e. The fourth-order valence-electron chi connectivity index (χ4n) is 3.82. The van der Waals surface area contributed by atoms with Crippen molar-refractivity contribution >= 4 is 5.91 Å². The lowest BCUT2D eigenvalue weighted by Crippen LogP contribution is -2.32. The molecule has 4 rings (SSSR count). The molecule has 1 aliphatic rings. The highest BCUT2D eigenvalue weighted by atomic mass is 19.1. The molecule has 32 heavy (non-hydrogen) atoms. The molecule has 0 unspecified atom stereocenters. The number of carbonyl (C=O) groups is 1. The Morgan fingerprint density at radius 1 is 1.28 bits per heavy atom. The molecule has 0 spiro atoms. The molecule has 0 radical (unpaired) electrons. The first-order chi connectivity index (χ1) is 15.5. The summed E-state index contributed by atoms with van der Waals surface area (Å²) in [5.74, 6) is -0.821. The molecule has 1 aromatic carbocycles. The van der Waals surface area contributed by atoms with Crippen molar-refractivity contribution in [2.45, 2.75) is 31.4 Å². The van der Waals surface area contributed by atoms with Gasteiger partial charge in [0, 0.05) is 50.5 Å². The van der Waals surface area contributed by atoms with Crippen LogP contribution in [0.3, 0.4) is 0 Å². The third kappa shape index (κ3) is 4.94. The zero-order valence-electron chi connectivity index (χ0n) is 17.6. The van der Waals surface area contributed by atoms with Crippen LogP contribution in [0.2, 0.25) is 0 Å². The molecule has 1 saturated heterocycles. The van der Waals surface area contributed by atoms with Gasteiger partial charge in [0.25, 0.3) is 0 Å². The number of methoxy groups -OCH3 is 1. The minimum absolute atomic E-state index is 0.0316. The highest BCUT2D eigenvalue weighted by molar-refractivity contribution is 5.77. The van der Waals surface area contributed by atoms with E-state index in [0.717, 1.165) is 23.4 Å². The SMILES string of the molecule is CO[C@@H]1C[C@@H](c2ncc(-c3cccnc3)[nH]2)N(C(=O)CCCOc2ccc(F)cc2F)C1. The van der Waals surface area contributed by atoms with E-state index >= 15 is 0 Å². The molecule has 0 bridgehead atoms. The Bertz CT molecular complexity index is 1060.